The summed E-state index contributed by atoms with van der Waals surface area (Å²) in [5.74, 6) is 0.782. The van der Waals surface area contributed by atoms with Crippen molar-refractivity contribution in [2.75, 3.05) is 6.54 Å². The normalized spacial score (nSPS) is 25.0. The number of nitrogens with one attached hydrogen (secondary N) is 1. The van der Waals surface area contributed by atoms with Crippen LogP contribution in [0.15, 0.2) is 12.1 Å². The molecule has 0 aliphatic heterocycles. The van der Waals surface area contributed by atoms with E-state index in [1.54, 1.807) is 0 Å². The molecule has 2 rings (SSSR count). The first-order valence-corrected chi connectivity index (χ1v) is 8.16. The van der Waals surface area contributed by atoms with Crippen LogP contribution >= 0.6 is 11.3 Å². The molecule has 0 spiro atoms. The van der Waals surface area contributed by atoms with E-state index in [9.17, 15) is 0 Å². The Kier molecular flexibility index (Phi) is 4.50. The average Bonchev–Trinajstić information content (AvgIpc) is 2.73. The van der Waals surface area contributed by atoms with Crippen LogP contribution in [-0.4, -0.2) is 6.54 Å². The van der Waals surface area contributed by atoms with Crippen LogP contribution in [0.1, 0.15) is 62.3 Å². The van der Waals surface area contributed by atoms with Crippen LogP contribution in [0.4, 0.5) is 0 Å². The van der Waals surface area contributed by atoms with Crippen molar-refractivity contribution in [3.8, 4) is 0 Å². The van der Waals surface area contributed by atoms with Crippen LogP contribution in [0.2, 0.25) is 0 Å². The fourth-order valence-corrected chi connectivity index (χ4v) is 4.44. The third-order valence-corrected chi connectivity index (χ3v) is 5.57. The second-order valence-corrected chi connectivity index (χ2v) is 7.64. The van der Waals surface area contributed by atoms with Crippen molar-refractivity contribution in [3.05, 3.63) is 21.9 Å². The Morgan fingerprint density at radius 3 is 2.72 bits per heavy atom. The molecule has 18 heavy (non-hydrogen) atoms. The van der Waals surface area contributed by atoms with Crippen molar-refractivity contribution in [3.63, 3.8) is 0 Å². The number of rotatable bonds is 4. The first-order chi connectivity index (χ1) is 8.54. The molecule has 2 heteroatoms. The molecule has 1 fully saturated rings. The van der Waals surface area contributed by atoms with Gasteiger partial charge in [-0.1, -0.05) is 33.6 Å². The van der Waals surface area contributed by atoms with Gasteiger partial charge < -0.3 is 5.32 Å². The second kappa shape index (κ2) is 5.75. The minimum absolute atomic E-state index is 0.475. The summed E-state index contributed by atoms with van der Waals surface area (Å²) in [7, 11) is 0. The van der Waals surface area contributed by atoms with Gasteiger partial charge in [0, 0.05) is 15.8 Å². The average molecular weight is 265 g/mol. The molecule has 1 aromatic heterocycles. The van der Waals surface area contributed by atoms with Gasteiger partial charge in [0.2, 0.25) is 0 Å². The van der Waals surface area contributed by atoms with Crippen molar-refractivity contribution >= 4 is 11.3 Å². The molecule has 1 N–H and O–H groups in total. The van der Waals surface area contributed by atoms with Gasteiger partial charge in [-0.2, -0.15) is 0 Å². The Morgan fingerprint density at radius 1 is 1.39 bits per heavy atom. The largest absolute Gasteiger partial charge is 0.309 e. The summed E-state index contributed by atoms with van der Waals surface area (Å²) in [6.45, 7) is 10.4. The SMILES string of the molecule is CCNC(c1ccc(C)s1)C1CCCCC1(C)C. The maximum atomic E-state index is 3.75. The van der Waals surface area contributed by atoms with E-state index in [0.717, 1.165) is 12.5 Å². The van der Waals surface area contributed by atoms with Gasteiger partial charge in [0.1, 0.15) is 0 Å². The van der Waals surface area contributed by atoms with E-state index in [2.05, 4.69) is 45.1 Å². The number of thiophene rings is 1. The number of hydrogen-bond donors (Lipinski definition) is 1. The molecule has 2 atom stereocenters. The molecule has 1 saturated carbocycles. The predicted molar refractivity (Wildman–Crippen MR) is 81.2 cm³/mol. The lowest BCUT2D eigenvalue weighted by molar-refractivity contribution is 0.100. The van der Waals surface area contributed by atoms with E-state index in [0.29, 0.717) is 11.5 Å². The Morgan fingerprint density at radius 2 is 2.17 bits per heavy atom. The molecule has 2 unspecified atom stereocenters. The summed E-state index contributed by atoms with van der Waals surface area (Å²) in [6, 6.07) is 5.15. The standard InChI is InChI=1S/C16H27NS/c1-5-17-15(14-10-9-12(2)18-14)13-8-6-7-11-16(13,3)4/h9-10,13,15,17H,5-8,11H2,1-4H3. The topological polar surface area (TPSA) is 12.0 Å². The Balaban J connectivity index is 2.23. The van der Waals surface area contributed by atoms with Crippen molar-refractivity contribution in [1.29, 1.82) is 0 Å². The van der Waals surface area contributed by atoms with Gasteiger partial charge >= 0.3 is 0 Å². The van der Waals surface area contributed by atoms with Gasteiger partial charge in [-0.05, 0) is 49.8 Å². The van der Waals surface area contributed by atoms with Gasteiger partial charge in [-0.3, -0.25) is 0 Å². The lowest BCUT2D eigenvalue weighted by Crippen LogP contribution is -2.38. The van der Waals surface area contributed by atoms with Gasteiger partial charge in [-0.15, -0.1) is 11.3 Å². The van der Waals surface area contributed by atoms with Crippen molar-refractivity contribution in [2.45, 2.75) is 59.4 Å². The zero-order valence-electron chi connectivity index (χ0n) is 12.3. The third-order valence-electron chi connectivity index (χ3n) is 4.48. The summed E-state index contributed by atoms with van der Waals surface area (Å²) >= 11 is 1.97. The molecule has 0 radical (unpaired) electrons. The summed E-state index contributed by atoms with van der Waals surface area (Å²) in [6.07, 6.45) is 5.57. The van der Waals surface area contributed by atoms with E-state index in [1.807, 2.05) is 11.3 Å². The van der Waals surface area contributed by atoms with Crippen LogP contribution in [0.3, 0.4) is 0 Å². The summed E-state index contributed by atoms with van der Waals surface area (Å²) in [5.41, 5.74) is 0.475. The third kappa shape index (κ3) is 2.97. The Hall–Kier alpha value is -0.340. The predicted octanol–water partition coefficient (Wildman–Crippen LogP) is 4.92. The molecule has 0 aromatic carbocycles. The zero-order chi connectivity index (χ0) is 13.2. The van der Waals surface area contributed by atoms with Crippen LogP contribution in [0.25, 0.3) is 0 Å². The van der Waals surface area contributed by atoms with E-state index in [-0.39, 0.29) is 0 Å². The molecular weight excluding hydrogens is 238 g/mol. The molecule has 1 aliphatic rings. The lowest BCUT2D eigenvalue weighted by Gasteiger charge is -2.43. The molecule has 1 nitrogen and oxygen atoms in total. The van der Waals surface area contributed by atoms with Crippen molar-refractivity contribution in [1.82, 2.24) is 5.32 Å². The first-order valence-electron chi connectivity index (χ1n) is 7.34. The van der Waals surface area contributed by atoms with Crippen LogP contribution < -0.4 is 5.32 Å². The van der Waals surface area contributed by atoms with Crippen LogP contribution in [0, 0.1) is 18.3 Å². The van der Waals surface area contributed by atoms with Gasteiger partial charge in [0.15, 0.2) is 0 Å². The van der Waals surface area contributed by atoms with E-state index in [4.69, 9.17) is 0 Å². The van der Waals surface area contributed by atoms with Gasteiger partial charge in [0.25, 0.3) is 0 Å². The van der Waals surface area contributed by atoms with Crippen LogP contribution in [0.5, 0.6) is 0 Å². The monoisotopic (exact) mass is 265 g/mol. The maximum absolute atomic E-state index is 3.75. The number of hydrogen-bond acceptors (Lipinski definition) is 2. The molecule has 1 aromatic rings. The highest BCUT2D eigenvalue weighted by atomic mass is 32.1. The van der Waals surface area contributed by atoms with Crippen molar-refractivity contribution in [2.24, 2.45) is 11.3 Å². The van der Waals surface area contributed by atoms with E-state index < -0.39 is 0 Å². The second-order valence-electron chi connectivity index (χ2n) is 6.32. The maximum Gasteiger partial charge on any atom is 0.0448 e. The fourth-order valence-electron chi connectivity index (χ4n) is 3.42. The number of aryl methyl sites for hydroxylation is 1. The highest BCUT2D eigenvalue weighted by Crippen LogP contribution is 2.47. The molecule has 1 aliphatic carbocycles. The Labute approximate surface area is 116 Å². The molecule has 0 amide bonds. The molecule has 0 bridgehead atoms. The zero-order valence-corrected chi connectivity index (χ0v) is 13.1. The van der Waals surface area contributed by atoms with E-state index >= 15 is 0 Å². The minimum Gasteiger partial charge on any atom is -0.309 e. The Bertz CT molecular complexity index is 380. The summed E-state index contributed by atoms with van der Waals surface area (Å²) < 4.78 is 0. The van der Waals surface area contributed by atoms with E-state index in [1.165, 1.54) is 35.4 Å². The molecule has 0 saturated heterocycles. The van der Waals surface area contributed by atoms with Crippen LogP contribution in [-0.2, 0) is 0 Å². The molecule has 1 heterocycles. The summed E-state index contributed by atoms with van der Waals surface area (Å²) in [5, 5.41) is 3.75. The molecular formula is C16H27NS. The highest BCUT2D eigenvalue weighted by Gasteiger charge is 2.38. The minimum atomic E-state index is 0.475. The van der Waals surface area contributed by atoms with Crippen molar-refractivity contribution < 1.29 is 0 Å². The molecule has 102 valence electrons. The van der Waals surface area contributed by atoms with Gasteiger partial charge in [0.05, 0.1) is 0 Å². The lowest BCUT2D eigenvalue weighted by atomic mass is 9.65. The first kappa shape index (κ1) is 14.1. The summed E-state index contributed by atoms with van der Waals surface area (Å²) in [4.78, 5) is 2.97. The highest BCUT2D eigenvalue weighted by molar-refractivity contribution is 7.12. The fraction of sp³-hybridized carbons (Fsp3) is 0.750. The van der Waals surface area contributed by atoms with Gasteiger partial charge in [-0.25, -0.2) is 0 Å². The quantitative estimate of drug-likeness (QED) is 0.814. The smallest absolute Gasteiger partial charge is 0.0448 e.